The number of para-hydroxylation sites is 1. The summed E-state index contributed by atoms with van der Waals surface area (Å²) in [5.41, 5.74) is 1.72. The van der Waals surface area contributed by atoms with Gasteiger partial charge in [-0.15, -0.1) is 0 Å². The quantitative estimate of drug-likeness (QED) is 0.660. The summed E-state index contributed by atoms with van der Waals surface area (Å²) in [7, 11) is 0. The largest absolute Gasteiger partial charge is 0.484 e. The molecule has 0 heterocycles. The van der Waals surface area contributed by atoms with Gasteiger partial charge in [0.2, 0.25) is 5.91 Å². The SMILES string of the molecule is CC[C@@H](C)NC(=O)[C@@H](C)N(Cc1ccccc1Cl)C(=O)COc1ccccc1C. The topological polar surface area (TPSA) is 58.6 Å². The first-order valence-corrected chi connectivity index (χ1v) is 10.2. The van der Waals surface area contributed by atoms with Crippen molar-refractivity contribution in [1.29, 1.82) is 0 Å². The zero-order valence-electron chi connectivity index (χ0n) is 17.4. The van der Waals surface area contributed by atoms with Crippen molar-refractivity contribution in [3.05, 3.63) is 64.7 Å². The standard InChI is InChI=1S/C23H29ClN2O3/c1-5-17(3)25-23(28)18(4)26(14-19-11-7-8-12-20(19)24)22(27)15-29-21-13-9-6-10-16(21)2/h6-13,17-18H,5,14-15H2,1-4H3,(H,25,28)/t17-,18-/m1/s1. The Kier molecular flexibility index (Phi) is 8.52. The van der Waals surface area contributed by atoms with Crippen molar-refractivity contribution in [2.75, 3.05) is 6.61 Å². The number of aryl methyl sites for hydroxylation is 1. The number of amides is 2. The third-order valence-corrected chi connectivity index (χ3v) is 5.28. The van der Waals surface area contributed by atoms with Crippen LogP contribution in [0.3, 0.4) is 0 Å². The lowest BCUT2D eigenvalue weighted by atomic mass is 10.1. The van der Waals surface area contributed by atoms with Gasteiger partial charge in [0, 0.05) is 17.6 Å². The molecule has 29 heavy (non-hydrogen) atoms. The number of hydrogen-bond acceptors (Lipinski definition) is 3. The molecular formula is C23H29ClN2O3. The molecule has 0 unspecified atom stereocenters. The van der Waals surface area contributed by atoms with Gasteiger partial charge in [0.05, 0.1) is 0 Å². The molecule has 0 saturated heterocycles. The van der Waals surface area contributed by atoms with E-state index in [-0.39, 0.29) is 31.0 Å². The molecular weight excluding hydrogens is 388 g/mol. The highest BCUT2D eigenvalue weighted by atomic mass is 35.5. The number of halogens is 1. The number of nitrogens with one attached hydrogen (secondary N) is 1. The molecule has 0 spiro atoms. The smallest absolute Gasteiger partial charge is 0.261 e. The predicted octanol–water partition coefficient (Wildman–Crippen LogP) is 4.36. The van der Waals surface area contributed by atoms with Crippen LogP contribution in [-0.4, -0.2) is 35.4 Å². The van der Waals surface area contributed by atoms with Crippen molar-refractivity contribution in [1.82, 2.24) is 10.2 Å². The molecule has 2 aromatic rings. The highest BCUT2D eigenvalue weighted by Gasteiger charge is 2.27. The molecule has 0 saturated carbocycles. The molecule has 0 fully saturated rings. The zero-order valence-corrected chi connectivity index (χ0v) is 18.2. The van der Waals surface area contributed by atoms with Crippen molar-refractivity contribution >= 4 is 23.4 Å². The first-order chi connectivity index (χ1) is 13.8. The van der Waals surface area contributed by atoms with Gasteiger partial charge in [0.25, 0.3) is 5.91 Å². The van der Waals surface area contributed by atoms with E-state index >= 15 is 0 Å². The van der Waals surface area contributed by atoms with Crippen molar-refractivity contribution < 1.29 is 14.3 Å². The fraction of sp³-hybridized carbons (Fsp3) is 0.391. The van der Waals surface area contributed by atoms with Crippen molar-refractivity contribution in [2.24, 2.45) is 0 Å². The summed E-state index contributed by atoms with van der Waals surface area (Å²) >= 11 is 6.29. The Hall–Kier alpha value is -2.53. The van der Waals surface area contributed by atoms with Crippen LogP contribution in [0.4, 0.5) is 0 Å². The number of hydrogen-bond donors (Lipinski definition) is 1. The van der Waals surface area contributed by atoms with Crippen LogP contribution in [0.25, 0.3) is 0 Å². The second kappa shape index (κ2) is 10.9. The third-order valence-electron chi connectivity index (χ3n) is 4.91. The lowest BCUT2D eigenvalue weighted by Crippen LogP contribution is -2.50. The summed E-state index contributed by atoms with van der Waals surface area (Å²) < 4.78 is 5.72. The van der Waals surface area contributed by atoms with Gasteiger partial charge in [-0.05, 0) is 50.5 Å². The molecule has 0 aliphatic heterocycles. The molecule has 0 aliphatic carbocycles. The summed E-state index contributed by atoms with van der Waals surface area (Å²) in [6.07, 6.45) is 0.813. The molecule has 156 valence electrons. The third kappa shape index (κ3) is 6.50. The average molecular weight is 417 g/mol. The van der Waals surface area contributed by atoms with Gasteiger partial charge in [0.15, 0.2) is 6.61 Å². The van der Waals surface area contributed by atoms with Crippen molar-refractivity contribution in [2.45, 2.75) is 52.7 Å². The van der Waals surface area contributed by atoms with Crippen LogP contribution in [0.2, 0.25) is 5.02 Å². The number of rotatable bonds is 9. The Balaban J connectivity index is 2.18. The fourth-order valence-electron chi connectivity index (χ4n) is 2.80. The number of nitrogens with zero attached hydrogens (tertiary/aromatic N) is 1. The van der Waals surface area contributed by atoms with Crippen LogP contribution in [0.1, 0.15) is 38.3 Å². The Morgan fingerprint density at radius 3 is 2.41 bits per heavy atom. The van der Waals surface area contributed by atoms with Crippen LogP contribution in [0.15, 0.2) is 48.5 Å². The number of benzene rings is 2. The number of ether oxygens (including phenoxy) is 1. The summed E-state index contributed by atoms with van der Waals surface area (Å²) in [6, 6.07) is 14.2. The van der Waals surface area contributed by atoms with E-state index in [0.29, 0.717) is 10.8 Å². The Morgan fingerprint density at radius 1 is 1.10 bits per heavy atom. The maximum absolute atomic E-state index is 13.0. The molecule has 2 aromatic carbocycles. The number of carbonyl (C=O) groups excluding carboxylic acids is 2. The average Bonchev–Trinajstić information content (AvgIpc) is 2.71. The van der Waals surface area contributed by atoms with Crippen LogP contribution in [0, 0.1) is 6.92 Å². The molecule has 6 heteroatoms. The maximum atomic E-state index is 13.0. The minimum Gasteiger partial charge on any atom is -0.484 e. The van der Waals surface area contributed by atoms with Gasteiger partial charge < -0.3 is 15.0 Å². The molecule has 0 bridgehead atoms. The molecule has 2 atom stereocenters. The molecule has 0 aliphatic rings. The lowest BCUT2D eigenvalue weighted by molar-refractivity contribution is -0.142. The van der Waals surface area contributed by atoms with E-state index in [1.54, 1.807) is 13.0 Å². The molecule has 5 nitrogen and oxygen atoms in total. The molecule has 1 N–H and O–H groups in total. The Bertz CT molecular complexity index is 840. The summed E-state index contributed by atoms with van der Waals surface area (Å²) in [5, 5.41) is 3.50. The minimum absolute atomic E-state index is 0.0328. The summed E-state index contributed by atoms with van der Waals surface area (Å²) in [5.74, 6) is 0.172. The van der Waals surface area contributed by atoms with Gasteiger partial charge >= 0.3 is 0 Å². The van der Waals surface area contributed by atoms with E-state index in [2.05, 4.69) is 5.32 Å². The first kappa shape index (κ1) is 22.8. The molecule has 0 radical (unpaired) electrons. The van der Waals surface area contributed by atoms with Gasteiger partial charge in [-0.25, -0.2) is 0 Å². The monoisotopic (exact) mass is 416 g/mol. The van der Waals surface area contributed by atoms with Gasteiger partial charge in [-0.1, -0.05) is 54.9 Å². The minimum atomic E-state index is -0.659. The van der Waals surface area contributed by atoms with Crippen molar-refractivity contribution in [3.63, 3.8) is 0 Å². The Labute approximate surface area is 178 Å². The second-order valence-electron chi connectivity index (χ2n) is 7.16. The molecule has 2 amide bonds. The van der Waals surface area contributed by atoms with E-state index in [9.17, 15) is 9.59 Å². The van der Waals surface area contributed by atoms with Gasteiger partial charge in [-0.2, -0.15) is 0 Å². The first-order valence-electron chi connectivity index (χ1n) is 9.85. The van der Waals surface area contributed by atoms with Crippen LogP contribution >= 0.6 is 11.6 Å². The van der Waals surface area contributed by atoms with E-state index in [1.807, 2.05) is 63.2 Å². The van der Waals surface area contributed by atoms with E-state index in [1.165, 1.54) is 4.90 Å². The number of carbonyl (C=O) groups is 2. The van der Waals surface area contributed by atoms with E-state index in [4.69, 9.17) is 16.3 Å². The van der Waals surface area contributed by atoms with Crippen molar-refractivity contribution in [3.8, 4) is 5.75 Å². The summed E-state index contributed by atoms with van der Waals surface area (Å²) in [6.45, 7) is 7.65. The summed E-state index contributed by atoms with van der Waals surface area (Å²) in [4.78, 5) is 27.2. The highest BCUT2D eigenvalue weighted by Crippen LogP contribution is 2.20. The normalized spacial score (nSPS) is 12.7. The zero-order chi connectivity index (χ0) is 21.4. The van der Waals surface area contributed by atoms with E-state index in [0.717, 1.165) is 17.5 Å². The van der Waals surface area contributed by atoms with Crippen LogP contribution in [0.5, 0.6) is 5.75 Å². The molecule has 2 rings (SSSR count). The Morgan fingerprint density at radius 2 is 1.76 bits per heavy atom. The van der Waals surface area contributed by atoms with Crippen LogP contribution < -0.4 is 10.1 Å². The lowest BCUT2D eigenvalue weighted by Gasteiger charge is -2.30. The van der Waals surface area contributed by atoms with E-state index < -0.39 is 6.04 Å². The highest BCUT2D eigenvalue weighted by molar-refractivity contribution is 6.31. The predicted molar refractivity (Wildman–Crippen MR) is 116 cm³/mol. The maximum Gasteiger partial charge on any atom is 0.261 e. The van der Waals surface area contributed by atoms with Gasteiger partial charge in [0.1, 0.15) is 11.8 Å². The van der Waals surface area contributed by atoms with Crippen LogP contribution in [-0.2, 0) is 16.1 Å². The molecule has 0 aromatic heterocycles. The fourth-order valence-corrected chi connectivity index (χ4v) is 2.99. The second-order valence-corrected chi connectivity index (χ2v) is 7.57. The van der Waals surface area contributed by atoms with Gasteiger partial charge in [-0.3, -0.25) is 9.59 Å².